The Balaban J connectivity index is 2.08. The Morgan fingerprint density at radius 3 is 2.45 bits per heavy atom. The number of rotatable bonds is 4. The van der Waals surface area contributed by atoms with Crippen molar-refractivity contribution < 1.29 is 18.0 Å². The van der Waals surface area contributed by atoms with Crippen molar-refractivity contribution in [2.75, 3.05) is 19.3 Å². The van der Waals surface area contributed by atoms with Crippen LogP contribution in [0.4, 0.5) is 0 Å². The minimum absolute atomic E-state index is 0.0467. The Labute approximate surface area is 130 Å². The van der Waals surface area contributed by atoms with Gasteiger partial charge in [0.25, 0.3) is 5.91 Å². The van der Waals surface area contributed by atoms with E-state index in [1.165, 1.54) is 6.26 Å². The molecule has 0 aliphatic carbocycles. The summed E-state index contributed by atoms with van der Waals surface area (Å²) in [6.45, 7) is 0.951. The van der Waals surface area contributed by atoms with Crippen molar-refractivity contribution >= 4 is 21.7 Å². The van der Waals surface area contributed by atoms with Crippen molar-refractivity contribution in [3.63, 3.8) is 0 Å². The monoisotopic (exact) mass is 324 g/mol. The van der Waals surface area contributed by atoms with Gasteiger partial charge >= 0.3 is 0 Å². The molecule has 0 aromatic heterocycles. The van der Waals surface area contributed by atoms with Crippen LogP contribution >= 0.6 is 0 Å². The fourth-order valence-corrected chi connectivity index (χ4v) is 3.42. The largest absolute Gasteiger partial charge is 0.369 e. The average molecular weight is 324 g/mol. The Bertz CT molecular complexity index is 667. The number of hydrogen-bond donors (Lipinski definition) is 1. The van der Waals surface area contributed by atoms with Gasteiger partial charge in [-0.15, -0.1) is 0 Å². The number of hydrogen-bond acceptors (Lipinski definition) is 4. The molecule has 1 unspecified atom stereocenters. The standard InChI is InChI=1S/C15H20N2O4S/c1-22(20,21)10-11-4-6-12(7-5-11)15(19)17-8-2-3-13(9-17)14(16)18/h4-7,13H,2-3,8-10H2,1H3,(H2,16,18). The van der Waals surface area contributed by atoms with Gasteiger partial charge in [0.05, 0.1) is 11.7 Å². The molecule has 2 N–H and O–H groups in total. The van der Waals surface area contributed by atoms with Crippen LogP contribution in [0.1, 0.15) is 28.8 Å². The molecule has 1 aliphatic heterocycles. The van der Waals surface area contributed by atoms with E-state index in [1.807, 2.05) is 0 Å². The summed E-state index contributed by atoms with van der Waals surface area (Å²) in [6.07, 6.45) is 2.64. The number of likely N-dealkylation sites (tertiary alicyclic amines) is 1. The van der Waals surface area contributed by atoms with Crippen LogP contribution < -0.4 is 5.73 Å². The molecule has 1 saturated heterocycles. The quantitative estimate of drug-likeness (QED) is 0.875. The second-order valence-corrected chi connectivity index (χ2v) is 7.90. The average Bonchev–Trinajstić information content (AvgIpc) is 2.46. The first-order valence-corrected chi connectivity index (χ1v) is 9.17. The summed E-state index contributed by atoms with van der Waals surface area (Å²) in [6, 6.07) is 6.53. The molecule has 7 heteroatoms. The summed E-state index contributed by atoms with van der Waals surface area (Å²) in [5.41, 5.74) is 6.45. The molecule has 1 heterocycles. The van der Waals surface area contributed by atoms with Gasteiger partial charge in [-0.05, 0) is 30.5 Å². The van der Waals surface area contributed by atoms with Crippen LogP contribution in [0.15, 0.2) is 24.3 Å². The number of primary amides is 1. The lowest BCUT2D eigenvalue weighted by atomic mass is 9.97. The van der Waals surface area contributed by atoms with Crippen LogP contribution in [0.25, 0.3) is 0 Å². The third-order valence-electron chi connectivity index (χ3n) is 3.74. The zero-order valence-corrected chi connectivity index (χ0v) is 13.3. The van der Waals surface area contributed by atoms with Crippen LogP contribution in [0.3, 0.4) is 0 Å². The Morgan fingerprint density at radius 1 is 1.27 bits per heavy atom. The summed E-state index contributed by atoms with van der Waals surface area (Å²) in [5.74, 6) is -0.866. The minimum atomic E-state index is -3.09. The zero-order valence-electron chi connectivity index (χ0n) is 12.5. The molecule has 0 saturated carbocycles. The molecule has 0 spiro atoms. The van der Waals surface area contributed by atoms with Crippen molar-refractivity contribution in [2.45, 2.75) is 18.6 Å². The van der Waals surface area contributed by atoms with E-state index in [9.17, 15) is 18.0 Å². The van der Waals surface area contributed by atoms with E-state index >= 15 is 0 Å². The first-order valence-electron chi connectivity index (χ1n) is 7.11. The number of benzene rings is 1. The molecule has 1 aromatic carbocycles. The fraction of sp³-hybridized carbons (Fsp3) is 0.467. The van der Waals surface area contributed by atoms with Crippen LogP contribution in [-0.2, 0) is 20.4 Å². The van der Waals surface area contributed by atoms with Gasteiger partial charge in [0.2, 0.25) is 5.91 Å². The van der Waals surface area contributed by atoms with E-state index in [-0.39, 0.29) is 23.5 Å². The molecule has 1 aliphatic rings. The summed E-state index contributed by atoms with van der Waals surface area (Å²) < 4.78 is 22.5. The van der Waals surface area contributed by atoms with Crippen LogP contribution in [0, 0.1) is 5.92 Å². The second-order valence-electron chi connectivity index (χ2n) is 5.76. The number of carbonyl (C=O) groups is 2. The minimum Gasteiger partial charge on any atom is -0.369 e. The zero-order chi connectivity index (χ0) is 16.3. The van der Waals surface area contributed by atoms with Crippen molar-refractivity contribution in [1.82, 2.24) is 4.90 Å². The molecule has 120 valence electrons. The maximum absolute atomic E-state index is 12.4. The number of piperidine rings is 1. The van der Waals surface area contributed by atoms with Gasteiger partial charge in [0.15, 0.2) is 9.84 Å². The van der Waals surface area contributed by atoms with E-state index in [0.29, 0.717) is 30.6 Å². The number of nitrogens with zero attached hydrogens (tertiary/aromatic N) is 1. The number of nitrogens with two attached hydrogens (primary N) is 1. The maximum atomic E-state index is 12.4. The van der Waals surface area contributed by atoms with Gasteiger partial charge in [-0.3, -0.25) is 9.59 Å². The topological polar surface area (TPSA) is 97.5 Å². The second kappa shape index (κ2) is 6.48. The number of carbonyl (C=O) groups excluding carboxylic acids is 2. The summed E-state index contributed by atoms with van der Waals surface area (Å²) in [5, 5.41) is 0. The SMILES string of the molecule is CS(=O)(=O)Cc1ccc(C(=O)N2CCCC(C(N)=O)C2)cc1. The van der Waals surface area contributed by atoms with E-state index in [2.05, 4.69) is 0 Å². The third kappa shape index (κ3) is 4.30. The van der Waals surface area contributed by atoms with Crippen molar-refractivity contribution in [2.24, 2.45) is 11.7 Å². The normalized spacial score (nSPS) is 19.0. The lowest BCUT2D eigenvalue weighted by Crippen LogP contribution is -2.44. The first kappa shape index (κ1) is 16.5. The molecule has 1 aromatic rings. The lowest BCUT2D eigenvalue weighted by Gasteiger charge is -2.31. The van der Waals surface area contributed by atoms with Gasteiger partial charge < -0.3 is 10.6 Å². The molecule has 0 bridgehead atoms. The highest BCUT2D eigenvalue weighted by Gasteiger charge is 2.27. The lowest BCUT2D eigenvalue weighted by molar-refractivity contribution is -0.123. The van der Waals surface area contributed by atoms with Gasteiger partial charge in [0, 0.05) is 24.9 Å². The van der Waals surface area contributed by atoms with Crippen LogP contribution in [-0.4, -0.2) is 44.5 Å². The van der Waals surface area contributed by atoms with E-state index < -0.39 is 9.84 Å². The smallest absolute Gasteiger partial charge is 0.253 e. The highest BCUT2D eigenvalue weighted by Crippen LogP contribution is 2.19. The molecule has 6 nitrogen and oxygen atoms in total. The van der Waals surface area contributed by atoms with Crippen molar-refractivity contribution in [3.05, 3.63) is 35.4 Å². The van der Waals surface area contributed by atoms with Crippen molar-refractivity contribution in [3.8, 4) is 0 Å². The molecule has 22 heavy (non-hydrogen) atoms. The Morgan fingerprint density at radius 2 is 1.91 bits per heavy atom. The molecular formula is C15H20N2O4S. The maximum Gasteiger partial charge on any atom is 0.253 e. The van der Waals surface area contributed by atoms with E-state index in [1.54, 1.807) is 29.2 Å². The van der Waals surface area contributed by atoms with Crippen molar-refractivity contribution in [1.29, 1.82) is 0 Å². The molecule has 2 rings (SSSR count). The van der Waals surface area contributed by atoms with Gasteiger partial charge in [-0.1, -0.05) is 12.1 Å². The summed E-state index contributed by atoms with van der Waals surface area (Å²) in [7, 11) is -3.09. The number of sulfone groups is 1. The molecule has 1 atom stereocenters. The molecule has 0 radical (unpaired) electrons. The molecule has 2 amide bonds. The predicted octanol–water partition coefficient (Wildman–Crippen LogP) is 0.569. The third-order valence-corrected chi connectivity index (χ3v) is 4.60. The highest BCUT2D eigenvalue weighted by atomic mass is 32.2. The summed E-state index contributed by atoms with van der Waals surface area (Å²) >= 11 is 0. The highest BCUT2D eigenvalue weighted by molar-refractivity contribution is 7.89. The Hall–Kier alpha value is -1.89. The predicted molar refractivity (Wildman–Crippen MR) is 82.8 cm³/mol. The van der Waals surface area contributed by atoms with Gasteiger partial charge in [-0.25, -0.2) is 8.42 Å². The number of amides is 2. The first-order chi connectivity index (χ1) is 10.3. The van der Waals surface area contributed by atoms with Gasteiger partial charge in [-0.2, -0.15) is 0 Å². The van der Waals surface area contributed by atoms with E-state index in [4.69, 9.17) is 5.73 Å². The molecule has 1 fully saturated rings. The van der Waals surface area contributed by atoms with Crippen LogP contribution in [0.2, 0.25) is 0 Å². The molecular weight excluding hydrogens is 304 g/mol. The van der Waals surface area contributed by atoms with Crippen LogP contribution in [0.5, 0.6) is 0 Å². The fourth-order valence-electron chi connectivity index (χ4n) is 2.62. The van der Waals surface area contributed by atoms with Gasteiger partial charge in [0.1, 0.15) is 0 Å². The Kier molecular flexibility index (Phi) is 4.85. The summed E-state index contributed by atoms with van der Waals surface area (Å²) in [4.78, 5) is 25.3. The van der Waals surface area contributed by atoms with E-state index in [0.717, 1.165) is 6.42 Å².